The largest absolute Gasteiger partial charge is 0.467 e. The van der Waals surface area contributed by atoms with Crippen molar-refractivity contribution < 1.29 is 28.7 Å². The lowest BCUT2D eigenvalue weighted by molar-refractivity contribution is -0.147. The molecule has 0 aliphatic heterocycles. The molecule has 0 unspecified atom stereocenters. The lowest BCUT2D eigenvalue weighted by Gasteiger charge is -2.21. The van der Waals surface area contributed by atoms with Gasteiger partial charge in [-0.2, -0.15) is 0 Å². The van der Waals surface area contributed by atoms with Crippen LogP contribution in [0.5, 0.6) is 0 Å². The van der Waals surface area contributed by atoms with Gasteiger partial charge in [-0.1, -0.05) is 26.3 Å². The summed E-state index contributed by atoms with van der Waals surface area (Å²) in [5.74, 6) is -2.27. The van der Waals surface area contributed by atoms with E-state index in [2.05, 4.69) is 15.4 Å². The van der Waals surface area contributed by atoms with E-state index in [1.165, 1.54) is 26.2 Å². The number of anilines is 1. The highest BCUT2D eigenvalue weighted by molar-refractivity contribution is 5.95. The number of hydrogen-bond donors (Lipinski definition) is 2. The first-order valence-electron chi connectivity index (χ1n) is 8.20. The second-order valence-electron chi connectivity index (χ2n) is 5.79. The molecule has 0 aromatic heterocycles. The van der Waals surface area contributed by atoms with Gasteiger partial charge in [0.2, 0.25) is 5.91 Å². The normalized spacial score (nSPS) is 12.5. The van der Waals surface area contributed by atoms with Crippen LogP contribution in [0, 0.1) is 5.92 Å². The number of carbonyl (C=O) groups excluding carboxylic acids is 4. The average Bonchev–Trinajstić information content (AvgIpc) is 2.62. The van der Waals surface area contributed by atoms with Crippen molar-refractivity contribution in [1.29, 1.82) is 0 Å². The molecule has 8 nitrogen and oxygen atoms in total. The SMILES string of the molecule is CC[C@@H](C)[C@@H](NC(=O)COC(=O)c1cccc(NC(C)=O)c1)C(=O)OC. The Hall–Kier alpha value is -2.90. The first-order chi connectivity index (χ1) is 12.3. The number of hydrogen-bond acceptors (Lipinski definition) is 6. The van der Waals surface area contributed by atoms with Crippen LogP contribution < -0.4 is 10.6 Å². The Balaban J connectivity index is 2.64. The summed E-state index contributed by atoms with van der Waals surface area (Å²) in [6.45, 7) is 4.51. The van der Waals surface area contributed by atoms with E-state index in [9.17, 15) is 19.2 Å². The summed E-state index contributed by atoms with van der Waals surface area (Å²) >= 11 is 0. The van der Waals surface area contributed by atoms with Gasteiger partial charge in [-0.15, -0.1) is 0 Å². The van der Waals surface area contributed by atoms with Gasteiger partial charge in [0.05, 0.1) is 12.7 Å². The van der Waals surface area contributed by atoms with Crippen LogP contribution in [0.3, 0.4) is 0 Å². The molecule has 0 saturated carbocycles. The van der Waals surface area contributed by atoms with Crippen LogP contribution in [-0.4, -0.2) is 43.5 Å². The molecule has 0 radical (unpaired) electrons. The molecule has 2 atom stereocenters. The zero-order chi connectivity index (χ0) is 19.7. The van der Waals surface area contributed by atoms with Crippen molar-refractivity contribution in [3.63, 3.8) is 0 Å². The van der Waals surface area contributed by atoms with Crippen LogP contribution in [0.25, 0.3) is 0 Å². The van der Waals surface area contributed by atoms with E-state index < -0.39 is 30.5 Å². The van der Waals surface area contributed by atoms with Crippen molar-refractivity contribution in [1.82, 2.24) is 5.32 Å². The minimum absolute atomic E-state index is 0.128. The zero-order valence-electron chi connectivity index (χ0n) is 15.3. The number of nitrogens with one attached hydrogen (secondary N) is 2. The molecule has 0 aliphatic rings. The molecule has 142 valence electrons. The molecule has 1 rings (SSSR count). The number of benzene rings is 1. The fourth-order valence-corrected chi connectivity index (χ4v) is 2.15. The molecule has 1 aromatic carbocycles. The fraction of sp³-hybridized carbons (Fsp3) is 0.444. The highest BCUT2D eigenvalue weighted by Crippen LogP contribution is 2.12. The summed E-state index contributed by atoms with van der Waals surface area (Å²) < 4.78 is 9.64. The summed E-state index contributed by atoms with van der Waals surface area (Å²) in [7, 11) is 1.24. The van der Waals surface area contributed by atoms with Gasteiger partial charge < -0.3 is 20.1 Å². The Kier molecular flexibility index (Phi) is 8.27. The molecule has 2 N–H and O–H groups in total. The van der Waals surface area contributed by atoms with Gasteiger partial charge in [-0.3, -0.25) is 9.59 Å². The molecule has 0 spiro atoms. The Morgan fingerprint density at radius 1 is 1.19 bits per heavy atom. The smallest absolute Gasteiger partial charge is 0.338 e. The Morgan fingerprint density at radius 2 is 1.88 bits per heavy atom. The van der Waals surface area contributed by atoms with Gasteiger partial charge in [0.25, 0.3) is 5.91 Å². The Labute approximate surface area is 152 Å². The molecule has 1 aromatic rings. The standard InChI is InChI=1S/C18H24N2O6/c1-5-11(2)16(18(24)25-4)20-15(22)10-26-17(23)13-7-6-8-14(9-13)19-12(3)21/h6-9,11,16H,5,10H2,1-4H3,(H,19,21)(H,20,22)/t11-,16-/m1/s1. The maximum absolute atomic E-state index is 12.0. The summed E-state index contributed by atoms with van der Waals surface area (Å²) in [6.07, 6.45) is 0.662. The first kappa shape index (κ1) is 21.1. The van der Waals surface area contributed by atoms with Gasteiger partial charge in [0.15, 0.2) is 6.61 Å². The molecule has 0 bridgehead atoms. The molecule has 26 heavy (non-hydrogen) atoms. The van der Waals surface area contributed by atoms with Crippen LogP contribution in [0.15, 0.2) is 24.3 Å². The summed E-state index contributed by atoms with van der Waals surface area (Å²) in [5, 5.41) is 5.07. The number of carbonyl (C=O) groups is 4. The van der Waals surface area contributed by atoms with Crippen molar-refractivity contribution in [2.45, 2.75) is 33.2 Å². The van der Waals surface area contributed by atoms with Crippen molar-refractivity contribution >= 4 is 29.4 Å². The van der Waals surface area contributed by atoms with Gasteiger partial charge >= 0.3 is 11.9 Å². The Morgan fingerprint density at radius 3 is 2.46 bits per heavy atom. The second-order valence-corrected chi connectivity index (χ2v) is 5.79. The average molecular weight is 364 g/mol. The van der Waals surface area contributed by atoms with E-state index in [-0.39, 0.29) is 17.4 Å². The van der Waals surface area contributed by atoms with Gasteiger partial charge in [-0.05, 0) is 24.1 Å². The number of ether oxygens (including phenoxy) is 2. The highest BCUT2D eigenvalue weighted by Gasteiger charge is 2.27. The highest BCUT2D eigenvalue weighted by atomic mass is 16.5. The molecule has 0 fully saturated rings. The topological polar surface area (TPSA) is 111 Å². The van der Waals surface area contributed by atoms with Crippen LogP contribution in [-0.2, 0) is 23.9 Å². The predicted octanol–water partition coefficient (Wildman–Crippen LogP) is 1.51. The molecular weight excluding hydrogens is 340 g/mol. The van der Waals surface area contributed by atoms with E-state index >= 15 is 0 Å². The number of esters is 2. The van der Waals surface area contributed by atoms with Crippen LogP contribution in [0.1, 0.15) is 37.6 Å². The van der Waals surface area contributed by atoms with Gasteiger partial charge in [0, 0.05) is 12.6 Å². The van der Waals surface area contributed by atoms with Gasteiger partial charge in [-0.25, -0.2) is 9.59 Å². The van der Waals surface area contributed by atoms with Gasteiger partial charge in [0.1, 0.15) is 6.04 Å². The molecule has 0 heterocycles. The van der Waals surface area contributed by atoms with E-state index in [0.29, 0.717) is 12.1 Å². The molecule has 2 amide bonds. The summed E-state index contributed by atoms with van der Waals surface area (Å²) in [5.41, 5.74) is 0.634. The minimum atomic E-state index is -0.806. The Bertz CT molecular complexity index is 673. The monoisotopic (exact) mass is 364 g/mol. The van der Waals surface area contributed by atoms with E-state index in [1.807, 2.05) is 6.92 Å². The lowest BCUT2D eigenvalue weighted by Crippen LogP contribution is -2.47. The van der Waals surface area contributed by atoms with Crippen LogP contribution in [0.4, 0.5) is 5.69 Å². The predicted molar refractivity (Wildman–Crippen MR) is 94.4 cm³/mol. The lowest BCUT2D eigenvalue weighted by atomic mass is 9.99. The maximum atomic E-state index is 12.0. The third-order valence-corrected chi connectivity index (χ3v) is 3.74. The minimum Gasteiger partial charge on any atom is -0.467 e. The van der Waals surface area contributed by atoms with Crippen LogP contribution in [0.2, 0.25) is 0 Å². The number of methoxy groups -OCH3 is 1. The fourth-order valence-electron chi connectivity index (χ4n) is 2.15. The van der Waals surface area contributed by atoms with E-state index in [4.69, 9.17) is 4.74 Å². The van der Waals surface area contributed by atoms with Crippen molar-refractivity contribution in [3.8, 4) is 0 Å². The van der Waals surface area contributed by atoms with Crippen LogP contribution >= 0.6 is 0 Å². The van der Waals surface area contributed by atoms with Crippen molar-refractivity contribution in [2.24, 2.45) is 5.92 Å². The third kappa shape index (κ3) is 6.54. The van der Waals surface area contributed by atoms with E-state index in [1.54, 1.807) is 19.1 Å². The third-order valence-electron chi connectivity index (χ3n) is 3.74. The summed E-state index contributed by atoms with van der Waals surface area (Å²) in [4.78, 5) is 46.8. The maximum Gasteiger partial charge on any atom is 0.338 e. The quantitative estimate of drug-likeness (QED) is 0.677. The zero-order valence-corrected chi connectivity index (χ0v) is 15.3. The molecular formula is C18H24N2O6. The summed E-state index contributed by atoms with van der Waals surface area (Å²) in [6, 6.07) is 5.34. The molecule has 0 saturated heterocycles. The number of amides is 2. The first-order valence-corrected chi connectivity index (χ1v) is 8.20. The second kappa shape index (κ2) is 10.2. The van der Waals surface area contributed by atoms with Crippen molar-refractivity contribution in [2.75, 3.05) is 19.0 Å². The molecule has 0 aliphatic carbocycles. The molecule has 8 heteroatoms. The van der Waals surface area contributed by atoms with E-state index in [0.717, 1.165) is 0 Å². The number of rotatable bonds is 8. The van der Waals surface area contributed by atoms with Crippen molar-refractivity contribution in [3.05, 3.63) is 29.8 Å².